The molecule has 2 heterocycles. The van der Waals surface area contributed by atoms with Gasteiger partial charge in [0, 0.05) is 13.1 Å². The van der Waals surface area contributed by atoms with Gasteiger partial charge in [-0.3, -0.25) is 4.90 Å². The second-order valence-corrected chi connectivity index (χ2v) is 3.48. The van der Waals surface area contributed by atoms with E-state index in [1.807, 2.05) is 0 Å². The summed E-state index contributed by atoms with van der Waals surface area (Å²) in [6.07, 6.45) is 0. The van der Waals surface area contributed by atoms with Crippen LogP contribution in [0.3, 0.4) is 0 Å². The number of rotatable bonds is 0. The fraction of sp³-hybridized carbons (Fsp3) is 0.667. The lowest BCUT2D eigenvalue weighted by atomic mass is 10.4. The van der Waals surface area contributed by atoms with Crippen molar-refractivity contribution in [2.75, 3.05) is 13.6 Å². The predicted octanol–water partition coefficient (Wildman–Crippen LogP) is 0.486. The molecule has 0 saturated heterocycles. The van der Waals surface area contributed by atoms with Gasteiger partial charge in [0.05, 0.1) is 6.54 Å². The summed E-state index contributed by atoms with van der Waals surface area (Å²) in [6.45, 7) is 2.96. The van der Waals surface area contributed by atoms with Crippen LogP contribution in [0.25, 0.3) is 0 Å². The van der Waals surface area contributed by atoms with Crippen LogP contribution in [0.1, 0.15) is 5.82 Å². The van der Waals surface area contributed by atoms with Crippen LogP contribution in [0.5, 0.6) is 0 Å². The van der Waals surface area contributed by atoms with E-state index >= 15 is 0 Å². The third-order valence-corrected chi connectivity index (χ3v) is 2.49. The van der Waals surface area contributed by atoms with Crippen LogP contribution in [0, 0.1) is 0 Å². The Kier molecular flexibility index (Phi) is 1.69. The van der Waals surface area contributed by atoms with Crippen molar-refractivity contribution in [2.45, 2.75) is 13.1 Å². The Labute approximate surface area is 73.3 Å². The molecule has 60 valence electrons. The zero-order valence-electron chi connectivity index (χ0n) is 6.29. The van der Waals surface area contributed by atoms with Crippen molar-refractivity contribution in [3.63, 3.8) is 0 Å². The van der Waals surface area contributed by atoms with Crippen LogP contribution in [0.4, 0.5) is 0 Å². The van der Waals surface area contributed by atoms with E-state index in [2.05, 4.69) is 42.6 Å². The van der Waals surface area contributed by atoms with Crippen LogP contribution in [0.15, 0.2) is 4.73 Å². The molecule has 1 aromatic heterocycles. The van der Waals surface area contributed by atoms with Crippen LogP contribution < -0.4 is 0 Å². The Hall–Kier alpha value is -0.420. The highest BCUT2D eigenvalue weighted by Gasteiger charge is 2.16. The van der Waals surface area contributed by atoms with Crippen molar-refractivity contribution in [3.8, 4) is 0 Å². The predicted molar refractivity (Wildman–Crippen MR) is 44.1 cm³/mol. The van der Waals surface area contributed by atoms with E-state index in [-0.39, 0.29) is 0 Å². The van der Waals surface area contributed by atoms with Crippen LogP contribution in [-0.4, -0.2) is 33.3 Å². The lowest BCUT2D eigenvalue weighted by molar-refractivity contribution is 0.263. The van der Waals surface area contributed by atoms with Gasteiger partial charge in [-0.1, -0.05) is 0 Å². The molecule has 0 saturated carbocycles. The minimum absolute atomic E-state index is 0.848. The maximum absolute atomic E-state index is 4.03. The SMILES string of the molecule is CN1CCn2c(Br)nnc2C1. The Morgan fingerprint density at radius 2 is 2.18 bits per heavy atom. The Bertz CT molecular complexity index is 270. The van der Waals surface area contributed by atoms with Gasteiger partial charge in [-0.25, -0.2) is 0 Å². The summed E-state index contributed by atoms with van der Waals surface area (Å²) in [6, 6.07) is 0. The lowest BCUT2D eigenvalue weighted by Gasteiger charge is -2.22. The van der Waals surface area contributed by atoms with Gasteiger partial charge >= 0.3 is 0 Å². The molecule has 4 nitrogen and oxygen atoms in total. The van der Waals surface area contributed by atoms with E-state index in [0.29, 0.717) is 0 Å². The first kappa shape index (κ1) is 7.24. The van der Waals surface area contributed by atoms with E-state index in [1.165, 1.54) is 0 Å². The average Bonchev–Trinajstić information content (AvgIpc) is 2.32. The second-order valence-electron chi connectivity index (χ2n) is 2.77. The van der Waals surface area contributed by atoms with E-state index < -0.39 is 0 Å². The molecular formula is C6H9BrN4. The molecule has 1 aliphatic heterocycles. The van der Waals surface area contributed by atoms with E-state index in [4.69, 9.17) is 0 Å². The molecule has 0 bridgehead atoms. The molecule has 11 heavy (non-hydrogen) atoms. The fourth-order valence-electron chi connectivity index (χ4n) is 1.24. The summed E-state index contributed by atoms with van der Waals surface area (Å²) in [7, 11) is 2.09. The highest BCUT2D eigenvalue weighted by Crippen LogP contribution is 2.14. The second kappa shape index (κ2) is 2.57. The summed E-state index contributed by atoms with van der Waals surface area (Å²) < 4.78 is 2.94. The molecule has 0 atom stereocenters. The lowest BCUT2D eigenvalue weighted by Crippen LogP contribution is -2.30. The maximum atomic E-state index is 4.03. The van der Waals surface area contributed by atoms with Crippen molar-refractivity contribution < 1.29 is 0 Å². The normalized spacial score (nSPS) is 18.4. The molecule has 5 heteroatoms. The maximum Gasteiger partial charge on any atom is 0.200 e. The number of aromatic nitrogens is 3. The monoisotopic (exact) mass is 216 g/mol. The molecule has 0 spiro atoms. The molecule has 0 amide bonds. The van der Waals surface area contributed by atoms with Gasteiger partial charge in [0.15, 0.2) is 4.73 Å². The van der Waals surface area contributed by atoms with Crippen LogP contribution in [0.2, 0.25) is 0 Å². The third kappa shape index (κ3) is 1.18. The number of likely N-dealkylation sites (N-methyl/N-ethyl adjacent to an activating group) is 1. The fourth-order valence-corrected chi connectivity index (χ4v) is 1.70. The average molecular weight is 217 g/mol. The van der Waals surface area contributed by atoms with Gasteiger partial charge < -0.3 is 4.57 Å². The van der Waals surface area contributed by atoms with Gasteiger partial charge in [0.25, 0.3) is 0 Å². The van der Waals surface area contributed by atoms with E-state index in [1.54, 1.807) is 0 Å². The van der Waals surface area contributed by atoms with Crippen molar-refractivity contribution in [1.29, 1.82) is 0 Å². The minimum atomic E-state index is 0.848. The molecule has 2 rings (SSSR count). The molecule has 0 aliphatic carbocycles. The van der Waals surface area contributed by atoms with Crippen LogP contribution in [-0.2, 0) is 13.1 Å². The third-order valence-electron chi connectivity index (χ3n) is 1.90. The van der Waals surface area contributed by atoms with E-state index in [0.717, 1.165) is 30.2 Å². The van der Waals surface area contributed by atoms with Gasteiger partial charge in [0.1, 0.15) is 5.82 Å². The molecule has 0 fully saturated rings. The highest BCUT2D eigenvalue weighted by molar-refractivity contribution is 9.10. The van der Waals surface area contributed by atoms with Crippen molar-refractivity contribution in [1.82, 2.24) is 19.7 Å². The zero-order chi connectivity index (χ0) is 7.84. The molecule has 0 aromatic carbocycles. The largest absolute Gasteiger partial charge is 0.303 e. The van der Waals surface area contributed by atoms with Gasteiger partial charge in [0.2, 0.25) is 0 Å². The topological polar surface area (TPSA) is 34.0 Å². The summed E-state index contributed by atoms with van der Waals surface area (Å²) in [4.78, 5) is 2.23. The van der Waals surface area contributed by atoms with Crippen molar-refractivity contribution in [2.24, 2.45) is 0 Å². The molecule has 0 N–H and O–H groups in total. The van der Waals surface area contributed by atoms with Gasteiger partial charge in [-0.15, -0.1) is 10.2 Å². The van der Waals surface area contributed by atoms with Crippen molar-refractivity contribution in [3.05, 3.63) is 10.6 Å². The quantitative estimate of drug-likeness (QED) is 0.634. The Morgan fingerprint density at radius 1 is 1.36 bits per heavy atom. The van der Waals surface area contributed by atoms with Gasteiger partial charge in [-0.2, -0.15) is 0 Å². The first-order valence-corrected chi connectivity index (χ1v) is 4.33. The molecule has 0 radical (unpaired) electrons. The zero-order valence-corrected chi connectivity index (χ0v) is 7.87. The molecule has 0 unspecified atom stereocenters. The smallest absolute Gasteiger partial charge is 0.200 e. The molecular weight excluding hydrogens is 208 g/mol. The first-order chi connectivity index (χ1) is 5.27. The first-order valence-electron chi connectivity index (χ1n) is 3.53. The van der Waals surface area contributed by atoms with Crippen molar-refractivity contribution >= 4 is 15.9 Å². The number of fused-ring (bicyclic) bond motifs is 1. The minimum Gasteiger partial charge on any atom is -0.303 e. The number of hydrogen-bond donors (Lipinski definition) is 0. The standard InChI is InChI=1S/C6H9BrN4/c1-10-2-3-11-5(4-10)8-9-6(11)7/h2-4H2,1H3. The number of hydrogen-bond acceptors (Lipinski definition) is 3. The molecule has 1 aromatic rings. The Morgan fingerprint density at radius 3 is 3.00 bits per heavy atom. The number of nitrogens with zero attached hydrogens (tertiary/aromatic N) is 4. The highest BCUT2D eigenvalue weighted by atomic mass is 79.9. The summed E-state index contributed by atoms with van der Waals surface area (Å²) >= 11 is 3.34. The van der Waals surface area contributed by atoms with Crippen LogP contribution >= 0.6 is 15.9 Å². The number of halogens is 1. The summed E-state index contributed by atoms with van der Waals surface area (Å²) in [5.74, 6) is 1.05. The van der Waals surface area contributed by atoms with E-state index in [9.17, 15) is 0 Å². The Balaban J connectivity index is 2.36. The summed E-state index contributed by atoms with van der Waals surface area (Å²) in [5, 5.41) is 7.97. The van der Waals surface area contributed by atoms with Gasteiger partial charge in [-0.05, 0) is 23.0 Å². The molecule has 1 aliphatic rings. The summed E-state index contributed by atoms with van der Waals surface area (Å²) in [5.41, 5.74) is 0.